The van der Waals surface area contributed by atoms with Gasteiger partial charge in [-0.15, -0.1) is 6.42 Å². The number of nitrogens with one attached hydrogen (secondary N) is 1. The first-order chi connectivity index (χ1) is 13.0. The summed E-state index contributed by atoms with van der Waals surface area (Å²) in [4.78, 5) is 16.9. The van der Waals surface area contributed by atoms with Crippen LogP contribution < -0.4 is 14.8 Å². The molecule has 0 aliphatic heterocycles. The van der Waals surface area contributed by atoms with Gasteiger partial charge in [-0.05, 0) is 47.1 Å². The van der Waals surface area contributed by atoms with Crippen LogP contribution in [0.3, 0.4) is 0 Å². The number of carbonyl (C=O) groups is 1. The van der Waals surface area contributed by atoms with E-state index >= 15 is 0 Å². The van der Waals surface area contributed by atoms with E-state index in [1.165, 1.54) is 13.3 Å². The SMILES string of the molecule is C#CCOc1c(Br)cc(/C=N/OCC(=O)Nc2ccc(C)cc2)cc1OC. The Balaban J connectivity index is 1.91. The maximum atomic E-state index is 11.8. The Morgan fingerprint density at radius 2 is 2.07 bits per heavy atom. The van der Waals surface area contributed by atoms with E-state index in [0.717, 1.165) is 5.56 Å². The van der Waals surface area contributed by atoms with Crippen LogP contribution in [-0.4, -0.2) is 32.4 Å². The second-order valence-corrected chi connectivity index (χ2v) is 6.30. The van der Waals surface area contributed by atoms with Crippen molar-refractivity contribution >= 4 is 33.7 Å². The quantitative estimate of drug-likeness (QED) is 0.393. The Morgan fingerprint density at radius 1 is 1.33 bits per heavy atom. The minimum Gasteiger partial charge on any atom is -0.493 e. The average Bonchev–Trinajstić information content (AvgIpc) is 2.66. The largest absolute Gasteiger partial charge is 0.493 e. The molecular formula is C20H19BrN2O4. The van der Waals surface area contributed by atoms with Crippen molar-refractivity contribution in [2.45, 2.75) is 6.92 Å². The number of oxime groups is 1. The van der Waals surface area contributed by atoms with Gasteiger partial charge < -0.3 is 19.6 Å². The molecule has 6 nitrogen and oxygen atoms in total. The molecule has 0 fully saturated rings. The minimum absolute atomic E-state index is 0.127. The number of aryl methyl sites for hydroxylation is 1. The van der Waals surface area contributed by atoms with E-state index in [2.05, 4.69) is 32.3 Å². The van der Waals surface area contributed by atoms with Gasteiger partial charge in [-0.3, -0.25) is 4.79 Å². The van der Waals surface area contributed by atoms with Crippen LogP contribution in [0.25, 0.3) is 0 Å². The van der Waals surface area contributed by atoms with Crippen LogP contribution in [0.1, 0.15) is 11.1 Å². The van der Waals surface area contributed by atoms with Gasteiger partial charge in [0.25, 0.3) is 5.91 Å². The zero-order chi connectivity index (χ0) is 19.6. The lowest BCUT2D eigenvalue weighted by Crippen LogP contribution is -2.16. The van der Waals surface area contributed by atoms with Gasteiger partial charge in [0.05, 0.1) is 17.8 Å². The molecule has 2 aromatic rings. The maximum Gasteiger partial charge on any atom is 0.265 e. The lowest BCUT2D eigenvalue weighted by Gasteiger charge is -2.11. The van der Waals surface area contributed by atoms with Crippen molar-refractivity contribution in [1.29, 1.82) is 0 Å². The Hall–Kier alpha value is -2.98. The first-order valence-electron chi connectivity index (χ1n) is 7.99. The Labute approximate surface area is 166 Å². The summed E-state index contributed by atoms with van der Waals surface area (Å²) >= 11 is 3.40. The zero-order valence-corrected chi connectivity index (χ0v) is 16.6. The summed E-state index contributed by atoms with van der Waals surface area (Å²) in [7, 11) is 1.53. The van der Waals surface area contributed by atoms with E-state index in [1.807, 2.05) is 31.2 Å². The summed E-state index contributed by atoms with van der Waals surface area (Å²) in [6.07, 6.45) is 6.68. The highest BCUT2D eigenvalue weighted by atomic mass is 79.9. The Morgan fingerprint density at radius 3 is 2.74 bits per heavy atom. The van der Waals surface area contributed by atoms with Crippen LogP contribution in [0.15, 0.2) is 46.0 Å². The van der Waals surface area contributed by atoms with Crippen molar-refractivity contribution in [1.82, 2.24) is 0 Å². The monoisotopic (exact) mass is 430 g/mol. The molecule has 27 heavy (non-hydrogen) atoms. The van der Waals surface area contributed by atoms with Crippen molar-refractivity contribution < 1.29 is 19.1 Å². The Bertz CT molecular complexity index is 858. The topological polar surface area (TPSA) is 69.2 Å². The predicted molar refractivity (Wildman–Crippen MR) is 108 cm³/mol. The molecule has 0 spiro atoms. The molecule has 140 valence electrons. The summed E-state index contributed by atoms with van der Waals surface area (Å²) in [5, 5.41) is 6.53. The first kappa shape index (κ1) is 20.3. The van der Waals surface area contributed by atoms with Crippen molar-refractivity contribution in [2.75, 3.05) is 25.6 Å². The molecule has 0 unspecified atom stereocenters. The normalized spacial score (nSPS) is 10.3. The third kappa shape index (κ3) is 6.35. The van der Waals surface area contributed by atoms with E-state index in [1.54, 1.807) is 12.1 Å². The maximum absolute atomic E-state index is 11.8. The summed E-state index contributed by atoms with van der Waals surface area (Å²) in [6.45, 7) is 1.90. The summed E-state index contributed by atoms with van der Waals surface area (Å²) in [6, 6.07) is 11.0. The van der Waals surface area contributed by atoms with Crippen LogP contribution in [0.5, 0.6) is 11.5 Å². The Kier molecular flexibility index (Phi) is 7.71. The zero-order valence-electron chi connectivity index (χ0n) is 15.0. The van der Waals surface area contributed by atoms with E-state index < -0.39 is 0 Å². The van der Waals surface area contributed by atoms with Crippen LogP contribution in [-0.2, 0) is 9.63 Å². The molecule has 0 saturated carbocycles. The molecule has 0 aliphatic rings. The number of halogens is 1. The fourth-order valence-corrected chi connectivity index (χ4v) is 2.67. The number of rotatable bonds is 8. The van der Waals surface area contributed by atoms with E-state index in [0.29, 0.717) is 27.2 Å². The first-order valence-corrected chi connectivity index (χ1v) is 8.78. The molecule has 2 rings (SSSR count). The second-order valence-electron chi connectivity index (χ2n) is 5.45. The van der Waals surface area contributed by atoms with Crippen molar-refractivity contribution in [3.05, 3.63) is 52.0 Å². The minimum atomic E-state index is -0.298. The highest BCUT2D eigenvalue weighted by Gasteiger charge is 2.11. The van der Waals surface area contributed by atoms with Crippen LogP contribution >= 0.6 is 15.9 Å². The molecule has 0 bridgehead atoms. The van der Waals surface area contributed by atoms with E-state index in [-0.39, 0.29) is 19.1 Å². The molecule has 0 radical (unpaired) electrons. The highest BCUT2D eigenvalue weighted by molar-refractivity contribution is 9.10. The number of methoxy groups -OCH3 is 1. The molecule has 0 heterocycles. The summed E-state index contributed by atoms with van der Waals surface area (Å²) in [5.41, 5.74) is 2.52. The lowest BCUT2D eigenvalue weighted by atomic mass is 10.2. The molecule has 1 amide bonds. The number of terminal acetylenes is 1. The van der Waals surface area contributed by atoms with Crippen molar-refractivity contribution in [3.63, 3.8) is 0 Å². The highest BCUT2D eigenvalue weighted by Crippen LogP contribution is 2.36. The molecule has 0 saturated heterocycles. The van der Waals surface area contributed by atoms with Crippen LogP contribution in [0.4, 0.5) is 5.69 Å². The number of anilines is 1. The van der Waals surface area contributed by atoms with Gasteiger partial charge in [0, 0.05) is 11.3 Å². The fourth-order valence-electron chi connectivity index (χ4n) is 2.10. The van der Waals surface area contributed by atoms with Gasteiger partial charge in [0.2, 0.25) is 0 Å². The summed E-state index contributed by atoms with van der Waals surface area (Å²) in [5.74, 6) is 3.10. The van der Waals surface area contributed by atoms with Crippen molar-refractivity contribution in [2.24, 2.45) is 5.16 Å². The number of hydrogen-bond acceptors (Lipinski definition) is 5. The van der Waals surface area contributed by atoms with E-state index in [9.17, 15) is 4.79 Å². The van der Waals surface area contributed by atoms with Gasteiger partial charge in [0.15, 0.2) is 18.1 Å². The average molecular weight is 431 g/mol. The number of ether oxygens (including phenoxy) is 2. The molecule has 0 aliphatic carbocycles. The third-order valence-electron chi connectivity index (χ3n) is 3.36. The number of hydrogen-bond donors (Lipinski definition) is 1. The van der Waals surface area contributed by atoms with E-state index in [4.69, 9.17) is 20.7 Å². The predicted octanol–water partition coefficient (Wildman–Crippen LogP) is 3.77. The second kappa shape index (κ2) is 10.2. The van der Waals surface area contributed by atoms with Gasteiger partial charge >= 0.3 is 0 Å². The fraction of sp³-hybridized carbons (Fsp3) is 0.200. The van der Waals surface area contributed by atoms with Gasteiger partial charge in [-0.1, -0.05) is 28.8 Å². The van der Waals surface area contributed by atoms with Crippen molar-refractivity contribution in [3.8, 4) is 23.8 Å². The smallest absolute Gasteiger partial charge is 0.265 e. The van der Waals surface area contributed by atoms with Crippen LogP contribution in [0.2, 0.25) is 0 Å². The van der Waals surface area contributed by atoms with Crippen LogP contribution in [0, 0.1) is 19.3 Å². The number of benzene rings is 2. The molecule has 7 heteroatoms. The molecule has 1 N–H and O–H groups in total. The molecular weight excluding hydrogens is 412 g/mol. The summed E-state index contributed by atoms with van der Waals surface area (Å²) < 4.78 is 11.4. The standard InChI is InChI=1S/C20H19BrN2O4/c1-4-9-26-20-17(21)10-15(11-18(20)25-3)12-22-27-13-19(24)23-16-7-5-14(2)6-8-16/h1,5-8,10-12H,9,13H2,2-3H3,(H,23,24)/b22-12+. The number of nitrogens with zero attached hydrogens (tertiary/aromatic N) is 1. The third-order valence-corrected chi connectivity index (χ3v) is 3.95. The number of carbonyl (C=O) groups excluding carboxylic acids is 1. The van der Waals surface area contributed by atoms with Gasteiger partial charge in [0.1, 0.15) is 6.61 Å². The molecule has 0 atom stereocenters. The molecule has 0 aromatic heterocycles. The van der Waals surface area contributed by atoms with Gasteiger partial charge in [-0.2, -0.15) is 0 Å². The van der Waals surface area contributed by atoms with Gasteiger partial charge in [-0.25, -0.2) is 0 Å². The molecule has 2 aromatic carbocycles. The number of amides is 1. The lowest BCUT2D eigenvalue weighted by molar-refractivity contribution is -0.120.